The highest BCUT2D eigenvalue weighted by Gasteiger charge is 2.14. The molecular weight excluding hydrogens is 396 g/mol. The molecule has 3 aromatic carbocycles. The van der Waals surface area contributed by atoms with E-state index in [1.807, 2.05) is 60.7 Å². The number of carbonyl (C=O) groups is 1. The minimum Gasteiger partial charge on any atom is -0.265 e. The zero-order chi connectivity index (χ0) is 21.6. The summed E-state index contributed by atoms with van der Waals surface area (Å²) in [4.78, 5) is 23.0. The van der Waals surface area contributed by atoms with Crippen molar-refractivity contribution in [1.29, 1.82) is 0 Å². The molecule has 0 fully saturated rings. The van der Waals surface area contributed by atoms with Gasteiger partial charge in [-0.25, -0.2) is 10.1 Å². The van der Waals surface area contributed by atoms with Crippen LogP contribution in [0.5, 0.6) is 0 Å². The van der Waals surface area contributed by atoms with Gasteiger partial charge < -0.3 is 0 Å². The van der Waals surface area contributed by atoms with E-state index in [0.29, 0.717) is 11.4 Å². The van der Waals surface area contributed by atoms with Gasteiger partial charge in [-0.3, -0.25) is 14.9 Å². The number of hydrazone groups is 1. The third kappa shape index (κ3) is 4.51. The van der Waals surface area contributed by atoms with Crippen LogP contribution >= 0.6 is 0 Å². The molecule has 31 heavy (non-hydrogen) atoms. The van der Waals surface area contributed by atoms with E-state index >= 15 is 0 Å². The molecule has 4 aromatic rings. The Kier molecular flexibility index (Phi) is 5.57. The Balaban J connectivity index is 1.58. The maximum absolute atomic E-state index is 12.6. The van der Waals surface area contributed by atoms with Gasteiger partial charge in [-0.1, -0.05) is 71.9 Å². The van der Waals surface area contributed by atoms with E-state index in [0.717, 1.165) is 11.1 Å². The molecule has 1 amide bonds. The Bertz CT molecular complexity index is 1210. The smallest absolute Gasteiger partial charge is 0.265 e. The number of hydrogen-bond acceptors (Lipinski definition) is 6. The fourth-order valence-electron chi connectivity index (χ4n) is 2.89. The van der Waals surface area contributed by atoms with Crippen LogP contribution in [0.2, 0.25) is 0 Å². The molecule has 0 aliphatic rings. The monoisotopic (exact) mass is 412 g/mol. The molecule has 9 nitrogen and oxygen atoms in total. The molecule has 1 aromatic heterocycles. The topological polar surface area (TPSA) is 115 Å². The summed E-state index contributed by atoms with van der Waals surface area (Å²) < 4.78 is 1.29. The molecule has 4 rings (SSSR count). The van der Waals surface area contributed by atoms with Crippen molar-refractivity contribution in [2.75, 3.05) is 0 Å². The van der Waals surface area contributed by atoms with E-state index in [1.165, 1.54) is 29.1 Å². The van der Waals surface area contributed by atoms with Crippen molar-refractivity contribution in [2.45, 2.75) is 0 Å². The van der Waals surface area contributed by atoms with Crippen molar-refractivity contribution >= 4 is 17.3 Å². The Morgan fingerprint density at radius 3 is 2.19 bits per heavy atom. The summed E-state index contributed by atoms with van der Waals surface area (Å²) in [5.41, 5.74) is 5.15. The highest BCUT2D eigenvalue weighted by atomic mass is 16.6. The Morgan fingerprint density at radius 1 is 0.935 bits per heavy atom. The molecule has 0 spiro atoms. The van der Waals surface area contributed by atoms with Crippen LogP contribution in [-0.4, -0.2) is 31.5 Å². The van der Waals surface area contributed by atoms with Crippen LogP contribution < -0.4 is 5.43 Å². The summed E-state index contributed by atoms with van der Waals surface area (Å²) >= 11 is 0. The standard InChI is InChI=1S/C22H16N6O3/c29-22(20-15-27(26-23-20)18-12-7-13-19(14-18)28(30)31)25-24-21(16-8-3-1-4-9-16)17-10-5-2-6-11-17/h1-15H,(H,25,29). The Labute approximate surface area is 176 Å². The normalized spacial score (nSPS) is 10.3. The highest BCUT2D eigenvalue weighted by Crippen LogP contribution is 2.16. The lowest BCUT2D eigenvalue weighted by Gasteiger charge is -2.07. The summed E-state index contributed by atoms with van der Waals surface area (Å²) in [6, 6.07) is 24.8. The van der Waals surface area contributed by atoms with E-state index in [4.69, 9.17) is 0 Å². The zero-order valence-electron chi connectivity index (χ0n) is 16.1. The minimum absolute atomic E-state index is 0.0238. The lowest BCUT2D eigenvalue weighted by Crippen LogP contribution is -2.21. The fraction of sp³-hybridized carbons (Fsp3) is 0. The van der Waals surface area contributed by atoms with E-state index in [1.54, 1.807) is 6.07 Å². The number of non-ortho nitro benzene ring substituents is 1. The molecule has 0 aliphatic carbocycles. The van der Waals surface area contributed by atoms with E-state index in [-0.39, 0.29) is 11.4 Å². The largest absolute Gasteiger partial charge is 0.293 e. The summed E-state index contributed by atoms with van der Waals surface area (Å²) in [7, 11) is 0. The number of nitro groups is 1. The minimum atomic E-state index is -0.555. The lowest BCUT2D eigenvalue weighted by molar-refractivity contribution is -0.384. The second-order valence-corrected chi connectivity index (χ2v) is 6.46. The number of carbonyl (C=O) groups excluding carboxylic acids is 1. The second kappa shape index (κ2) is 8.78. The van der Waals surface area contributed by atoms with Crippen LogP contribution in [-0.2, 0) is 0 Å². The number of aromatic nitrogens is 3. The maximum atomic E-state index is 12.6. The highest BCUT2D eigenvalue weighted by molar-refractivity contribution is 6.13. The third-order valence-corrected chi connectivity index (χ3v) is 4.39. The van der Waals surface area contributed by atoms with Gasteiger partial charge in [0, 0.05) is 23.3 Å². The molecule has 0 saturated carbocycles. The van der Waals surface area contributed by atoms with Gasteiger partial charge in [-0.15, -0.1) is 5.10 Å². The summed E-state index contributed by atoms with van der Waals surface area (Å²) in [5, 5.41) is 23.0. The summed E-state index contributed by atoms with van der Waals surface area (Å²) in [5.74, 6) is -0.555. The Morgan fingerprint density at radius 2 is 1.58 bits per heavy atom. The van der Waals surface area contributed by atoms with Gasteiger partial charge in [0.05, 0.1) is 22.5 Å². The SMILES string of the molecule is O=C(NN=C(c1ccccc1)c1ccccc1)c1cn(-c2cccc([N+](=O)[O-])c2)nn1. The van der Waals surface area contributed by atoms with Gasteiger partial charge in [0.2, 0.25) is 0 Å². The zero-order valence-corrected chi connectivity index (χ0v) is 16.1. The average molecular weight is 412 g/mol. The van der Waals surface area contributed by atoms with Crippen molar-refractivity contribution in [2.24, 2.45) is 5.10 Å². The first-order valence-corrected chi connectivity index (χ1v) is 9.28. The summed E-state index contributed by atoms with van der Waals surface area (Å²) in [6.45, 7) is 0. The first-order valence-electron chi connectivity index (χ1n) is 9.28. The molecule has 0 radical (unpaired) electrons. The van der Waals surface area contributed by atoms with Gasteiger partial charge >= 0.3 is 0 Å². The lowest BCUT2D eigenvalue weighted by atomic mass is 10.0. The number of hydrogen-bond donors (Lipinski definition) is 1. The quantitative estimate of drug-likeness (QED) is 0.296. The van der Waals surface area contributed by atoms with Crippen LogP contribution in [0.15, 0.2) is 96.2 Å². The number of benzene rings is 3. The molecule has 1 heterocycles. The number of amides is 1. The van der Waals surface area contributed by atoms with Crippen molar-refractivity contribution in [3.8, 4) is 5.69 Å². The number of nitrogens with zero attached hydrogens (tertiary/aromatic N) is 5. The fourth-order valence-corrected chi connectivity index (χ4v) is 2.89. The van der Waals surface area contributed by atoms with Crippen molar-refractivity contribution in [3.05, 3.63) is 118 Å². The number of nitrogens with one attached hydrogen (secondary N) is 1. The predicted molar refractivity (Wildman–Crippen MR) is 114 cm³/mol. The van der Waals surface area contributed by atoms with Crippen LogP contribution in [0.4, 0.5) is 5.69 Å². The van der Waals surface area contributed by atoms with Crippen LogP contribution in [0, 0.1) is 10.1 Å². The third-order valence-electron chi connectivity index (χ3n) is 4.39. The predicted octanol–water partition coefficient (Wildman–Crippen LogP) is 3.36. The molecule has 0 unspecified atom stereocenters. The molecule has 0 atom stereocenters. The number of rotatable bonds is 6. The maximum Gasteiger partial charge on any atom is 0.293 e. The molecule has 1 N–H and O–H groups in total. The second-order valence-electron chi connectivity index (χ2n) is 6.46. The molecular formula is C22H16N6O3. The van der Waals surface area contributed by atoms with E-state index in [2.05, 4.69) is 20.8 Å². The number of nitro benzene ring substituents is 1. The first-order chi connectivity index (χ1) is 15.1. The molecule has 0 aliphatic heterocycles. The van der Waals surface area contributed by atoms with Crippen LogP contribution in [0.1, 0.15) is 21.6 Å². The molecule has 0 bridgehead atoms. The average Bonchev–Trinajstić information content (AvgIpc) is 3.31. The van der Waals surface area contributed by atoms with E-state index < -0.39 is 10.8 Å². The van der Waals surface area contributed by atoms with Crippen LogP contribution in [0.25, 0.3) is 5.69 Å². The van der Waals surface area contributed by atoms with Crippen molar-refractivity contribution in [3.63, 3.8) is 0 Å². The van der Waals surface area contributed by atoms with Crippen molar-refractivity contribution in [1.82, 2.24) is 20.4 Å². The van der Waals surface area contributed by atoms with Gasteiger partial charge in [-0.05, 0) is 6.07 Å². The van der Waals surface area contributed by atoms with Crippen LogP contribution in [0.3, 0.4) is 0 Å². The molecule has 9 heteroatoms. The summed E-state index contributed by atoms with van der Waals surface area (Å²) in [6.07, 6.45) is 1.38. The van der Waals surface area contributed by atoms with Gasteiger partial charge in [0.25, 0.3) is 11.6 Å². The van der Waals surface area contributed by atoms with Crippen molar-refractivity contribution < 1.29 is 9.72 Å². The molecule has 0 saturated heterocycles. The Hall–Kier alpha value is -4.66. The van der Waals surface area contributed by atoms with Gasteiger partial charge in [0.1, 0.15) is 0 Å². The van der Waals surface area contributed by atoms with Gasteiger partial charge in [0.15, 0.2) is 5.69 Å². The van der Waals surface area contributed by atoms with Gasteiger partial charge in [-0.2, -0.15) is 5.10 Å². The van der Waals surface area contributed by atoms with E-state index in [9.17, 15) is 14.9 Å². The first kappa shape index (κ1) is 19.6. The molecule has 152 valence electrons.